The molecule has 2 nitrogen and oxygen atoms in total. The predicted octanol–water partition coefficient (Wildman–Crippen LogP) is 7.03. The molecule has 2 unspecified atom stereocenters. The molecule has 0 fully saturated rings. The second-order valence-corrected chi connectivity index (χ2v) is 9.69. The lowest BCUT2D eigenvalue weighted by Crippen LogP contribution is -2.38. The monoisotopic (exact) mass is 396 g/mol. The van der Waals surface area contributed by atoms with Gasteiger partial charge in [0.1, 0.15) is 0 Å². The van der Waals surface area contributed by atoms with Crippen LogP contribution in [0, 0.1) is 28.6 Å². The van der Waals surface area contributed by atoms with Crippen LogP contribution in [0.5, 0.6) is 0 Å². The average Bonchev–Trinajstić information content (AvgIpc) is 2.73. The molecule has 2 atom stereocenters. The molecule has 0 aromatic heterocycles. The molecule has 29 heavy (non-hydrogen) atoms. The second kappa shape index (κ2) is 12.4. The van der Waals surface area contributed by atoms with Crippen LogP contribution in [0.15, 0.2) is 24.3 Å². The van der Waals surface area contributed by atoms with Crippen LogP contribution in [0.2, 0.25) is 0 Å². The Morgan fingerprint density at radius 1 is 1.03 bits per heavy atom. The van der Waals surface area contributed by atoms with E-state index < -0.39 is 0 Å². The Balaban J connectivity index is 1.84. The van der Waals surface area contributed by atoms with Crippen molar-refractivity contribution in [2.45, 2.75) is 91.4 Å². The zero-order valence-electron chi connectivity index (χ0n) is 19.6. The lowest BCUT2D eigenvalue weighted by Gasteiger charge is -2.41. The van der Waals surface area contributed by atoms with Crippen LogP contribution in [-0.4, -0.2) is 25.0 Å². The zero-order chi connectivity index (χ0) is 21.1. The first-order valence-corrected chi connectivity index (χ1v) is 12.2. The van der Waals surface area contributed by atoms with Crippen molar-refractivity contribution >= 4 is 0 Å². The molecule has 1 aliphatic carbocycles. The van der Waals surface area contributed by atoms with Gasteiger partial charge in [-0.3, -0.25) is 0 Å². The summed E-state index contributed by atoms with van der Waals surface area (Å²) in [6.07, 6.45) is 13.7. The predicted molar refractivity (Wildman–Crippen MR) is 125 cm³/mol. The summed E-state index contributed by atoms with van der Waals surface area (Å²) >= 11 is 0. The van der Waals surface area contributed by atoms with Crippen molar-refractivity contribution in [1.82, 2.24) is 4.90 Å². The van der Waals surface area contributed by atoms with Gasteiger partial charge in [-0.25, -0.2) is 0 Å². The second-order valence-electron chi connectivity index (χ2n) is 9.69. The molecule has 162 valence electrons. The summed E-state index contributed by atoms with van der Waals surface area (Å²) in [5, 5.41) is 10.3. The van der Waals surface area contributed by atoms with E-state index in [-0.39, 0.29) is 5.41 Å². The van der Waals surface area contributed by atoms with Crippen LogP contribution in [0.3, 0.4) is 0 Å². The normalized spacial score (nSPS) is 18.4. The van der Waals surface area contributed by atoms with Crippen molar-refractivity contribution < 1.29 is 0 Å². The van der Waals surface area contributed by atoms with Gasteiger partial charge in [0.2, 0.25) is 0 Å². The van der Waals surface area contributed by atoms with E-state index in [0.29, 0.717) is 11.8 Å². The molecule has 0 amide bonds. The van der Waals surface area contributed by atoms with Crippen LogP contribution in [0.4, 0.5) is 0 Å². The number of unbranched alkanes of at least 4 members (excludes halogenated alkanes) is 5. The molecule has 2 rings (SSSR count). The third-order valence-electron chi connectivity index (χ3n) is 7.34. The van der Waals surface area contributed by atoms with Gasteiger partial charge in [0.05, 0.1) is 11.5 Å². The Labute approximate surface area is 180 Å². The van der Waals surface area contributed by atoms with Gasteiger partial charge in [0.25, 0.3) is 0 Å². The van der Waals surface area contributed by atoms with Crippen molar-refractivity contribution in [3.8, 4) is 6.07 Å². The molecule has 1 aromatic rings. The fourth-order valence-electron chi connectivity index (χ4n) is 5.29. The molecule has 0 heterocycles. The van der Waals surface area contributed by atoms with Crippen molar-refractivity contribution in [2.75, 3.05) is 20.1 Å². The number of nitrogens with zero attached hydrogens (tertiary/aromatic N) is 2. The first-order valence-electron chi connectivity index (χ1n) is 12.2. The number of aryl methyl sites for hydroxylation is 1. The van der Waals surface area contributed by atoms with Crippen LogP contribution in [0.25, 0.3) is 0 Å². The van der Waals surface area contributed by atoms with Gasteiger partial charge in [-0.05, 0) is 81.6 Å². The lowest BCUT2D eigenvalue weighted by molar-refractivity contribution is 0.124. The van der Waals surface area contributed by atoms with Gasteiger partial charge in [-0.1, -0.05) is 77.1 Å². The molecule has 1 aliphatic rings. The summed E-state index contributed by atoms with van der Waals surface area (Å²) in [5.41, 5.74) is 2.79. The SMILES string of the molecule is CCCCCCCCN(C)CCCC(C#N)(C(C)C)C1CCc2ccccc2C1. The van der Waals surface area contributed by atoms with Crippen molar-refractivity contribution in [2.24, 2.45) is 17.3 Å². The van der Waals surface area contributed by atoms with Crippen molar-refractivity contribution in [3.05, 3.63) is 35.4 Å². The highest BCUT2D eigenvalue weighted by molar-refractivity contribution is 5.31. The van der Waals surface area contributed by atoms with Crippen molar-refractivity contribution in [1.29, 1.82) is 5.26 Å². The van der Waals surface area contributed by atoms with E-state index in [0.717, 1.165) is 38.6 Å². The molecule has 0 saturated carbocycles. The third kappa shape index (κ3) is 6.85. The van der Waals surface area contributed by atoms with Gasteiger partial charge < -0.3 is 4.90 Å². The number of fused-ring (bicyclic) bond motifs is 1. The summed E-state index contributed by atoms with van der Waals surface area (Å²) in [6.45, 7) is 9.13. The Morgan fingerprint density at radius 2 is 1.69 bits per heavy atom. The molecule has 0 aliphatic heterocycles. The maximum Gasteiger partial charge on any atom is 0.0695 e. The van der Waals surface area contributed by atoms with Crippen LogP contribution in [0.1, 0.15) is 89.7 Å². The Bertz CT molecular complexity index is 630. The minimum atomic E-state index is -0.186. The minimum Gasteiger partial charge on any atom is -0.306 e. The molecular weight excluding hydrogens is 352 g/mol. The maximum atomic E-state index is 10.3. The molecular formula is C27H44N2. The summed E-state index contributed by atoms with van der Waals surface area (Å²) in [4.78, 5) is 2.48. The highest BCUT2D eigenvalue weighted by Gasteiger charge is 2.42. The number of nitriles is 1. The molecule has 0 saturated heterocycles. The van der Waals surface area contributed by atoms with E-state index in [1.165, 1.54) is 56.2 Å². The minimum absolute atomic E-state index is 0.186. The maximum absolute atomic E-state index is 10.3. The average molecular weight is 397 g/mol. The molecule has 0 radical (unpaired) electrons. The summed E-state index contributed by atoms with van der Waals surface area (Å²) in [7, 11) is 2.26. The van der Waals surface area contributed by atoms with Gasteiger partial charge in [0, 0.05) is 0 Å². The molecule has 0 N–H and O–H groups in total. The molecule has 0 spiro atoms. The number of benzene rings is 1. The van der Waals surface area contributed by atoms with E-state index in [4.69, 9.17) is 0 Å². The van der Waals surface area contributed by atoms with Gasteiger partial charge in [-0.15, -0.1) is 0 Å². The van der Waals surface area contributed by atoms with Gasteiger partial charge in [-0.2, -0.15) is 5.26 Å². The Kier molecular flexibility index (Phi) is 10.2. The summed E-state index contributed by atoms with van der Waals surface area (Å²) in [5.74, 6) is 0.901. The highest BCUT2D eigenvalue weighted by Crippen LogP contribution is 2.46. The van der Waals surface area contributed by atoms with Crippen LogP contribution < -0.4 is 0 Å². The highest BCUT2D eigenvalue weighted by atomic mass is 15.1. The van der Waals surface area contributed by atoms with Crippen molar-refractivity contribution in [3.63, 3.8) is 0 Å². The van der Waals surface area contributed by atoms with Crippen LogP contribution >= 0.6 is 0 Å². The molecule has 0 bridgehead atoms. The Morgan fingerprint density at radius 3 is 2.38 bits per heavy atom. The third-order valence-corrected chi connectivity index (χ3v) is 7.34. The van der Waals surface area contributed by atoms with E-state index >= 15 is 0 Å². The van der Waals surface area contributed by atoms with Gasteiger partial charge in [0.15, 0.2) is 0 Å². The topological polar surface area (TPSA) is 27.0 Å². The molecule has 2 heteroatoms. The smallest absolute Gasteiger partial charge is 0.0695 e. The number of hydrogen-bond acceptors (Lipinski definition) is 2. The first-order chi connectivity index (χ1) is 14.0. The number of hydrogen-bond donors (Lipinski definition) is 0. The summed E-state index contributed by atoms with van der Waals surface area (Å²) < 4.78 is 0. The largest absolute Gasteiger partial charge is 0.306 e. The van der Waals surface area contributed by atoms with Gasteiger partial charge >= 0.3 is 0 Å². The van der Waals surface area contributed by atoms with Crippen LogP contribution in [-0.2, 0) is 12.8 Å². The fraction of sp³-hybridized carbons (Fsp3) is 0.741. The standard InChI is InChI=1S/C27H44N2/c1-5-6-7-8-9-12-19-29(4)20-13-18-27(22-28,23(2)3)26-17-16-24-14-10-11-15-25(24)21-26/h10-11,14-15,23,26H,5-9,12-13,16-21H2,1-4H3. The van der Waals surface area contributed by atoms with E-state index in [9.17, 15) is 5.26 Å². The lowest BCUT2D eigenvalue weighted by atomic mass is 9.61. The Hall–Kier alpha value is -1.33. The first kappa shape index (κ1) is 23.9. The fourth-order valence-corrected chi connectivity index (χ4v) is 5.29. The van der Waals surface area contributed by atoms with E-state index in [1.54, 1.807) is 0 Å². The van der Waals surface area contributed by atoms with E-state index in [1.807, 2.05) is 0 Å². The quantitative estimate of drug-likeness (QED) is 0.335. The molecule has 1 aromatic carbocycles. The zero-order valence-corrected chi connectivity index (χ0v) is 19.6. The summed E-state index contributed by atoms with van der Waals surface area (Å²) in [6, 6.07) is 11.7. The van der Waals surface area contributed by atoms with E-state index in [2.05, 4.69) is 63.1 Å². The number of rotatable bonds is 13.